The van der Waals surface area contributed by atoms with Crippen LogP contribution in [0.4, 0.5) is 0 Å². The number of hydrogen-bond acceptors (Lipinski definition) is 20. The number of carboxylic acid groups (broad SMARTS) is 1. The van der Waals surface area contributed by atoms with E-state index in [2.05, 4.69) is 97.7 Å². The number of likely N-dealkylation sites (tertiary alicyclic amines) is 1. The van der Waals surface area contributed by atoms with Gasteiger partial charge in [-0.3, -0.25) is 57.5 Å². The van der Waals surface area contributed by atoms with E-state index in [-0.39, 0.29) is 42.4 Å². The maximum Gasteiger partial charge on any atom is 0.327 e. The molecule has 1 aliphatic rings. The van der Waals surface area contributed by atoms with Gasteiger partial charge in [-0.15, -0.1) is 0 Å². The number of H-pyrrole nitrogens is 1. The molecule has 0 aliphatic carbocycles. The quantitative estimate of drug-likeness (QED) is 0.0298. The van der Waals surface area contributed by atoms with Crippen LogP contribution in [-0.2, 0) is 68.7 Å². The Hall–Kier alpha value is -6.36. The third-order valence-corrected chi connectivity index (χ3v) is 12.2. The van der Waals surface area contributed by atoms with Crippen LogP contribution in [-0.4, -0.2) is 205 Å². The normalized spacial score (nSPS) is 16.6. The fourth-order valence-corrected chi connectivity index (χ4v) is 7.64. The van der Waals surface area contributed by atoms with Crippen molar-refractivity contribution in [2.24, 2.45) is 17.2 Å². The van der Waals surface area contributed by atoms with E-state index in [9.17, 15) is 72.5 Å². The molecule has 1 saturated heterocycles. The number of aromatic amines is 1. The Labute approximate surface area is 444 Å². The van der Waals surface area contributed by atoms with Gasteiger partial charge in [0.05, 0.1) is 31.9 Å². The molecular formula is C40H63N15O15S4. The average Bonchev–Trinajstić information content (AvgIpc) is 4.08. The number of carboxylic acids is 1. The van der Waals surface area contributed by atoms with Crippen molar-refractivity contribution < 1.29 is 72.5 Å². The number of amides is 12. The number of thiol groups is 4. The standard InChI is InChI=1S/C40H63N15O15S4/c1-17(47-38(67)27-3-2-6-55(27)39(68)22(7-18-9-44-16-46-18)50-37(66)25(14-73)53-32(61)19(41)12-71)31(60)52-24(13-72)33(62)45-10-30(59)48-20(4-5-28(42)57)34(63)49-21(8-29(43)58)35(64)51-23(11-56)36(65)54-26(15-74)40(69)70/h9,16-17,19-27,56,71-74H,2-8,10-15,41H2,1H3,(H2,42,57)(H2,43,58)(H,44,46)(H,45,62)(H,47,67)(H,48,59)(H,49,63)(H,50,66)(H,51,64)(H,52,60)(H,53,61)(H,54,65)(H,69,70). The summed E-state index contributed by atoms with van der Waals surface area (Å²) in [4.78, 5) is 175. The number of primary amides is 2. The molecule has 2 heterocycles. The van der Waals surface area contributed by atoms with E-state index in [0.29, 0.717) is 12.1 Å². The second kappa shape index (κ2) is 32.1. The van der Waals surface area contributed by atoms with Crippen LogP contribution in [0.1, 0.15) is 44.7 Å². The maximum absolute atomic E-state index is 14.1. The number of carbonyl (C=O) groups is 13. The first kappa shape index (κ1) is 63.8. The monoisotopic (exact) mass is 1120 g/mol. The number of carbonyl (C=O) groups excluding carboxylic acids is 12. The molecule has 10 atom stereocenters. The molecular weight excluding hydrogens is 1060 g/mol. The first-order chi connectivity index (χ1) is 34.9. The third kappa shape index (κ3) is 20.9. The average molecular weight is 1120 g/mol. The molecule has 0 bridgehead atoms. The number of nitrogens with zero attached hydrogens (tertiary/aromatic N) is 2. The van der Waals surface area contributed by atoms with Crippen molar-refractivity contribution in [3.63, 3.8) is 0 Å². The van der Waals surface area contributed by atoms with Crippen LogP contribution in [0.5, 0.6) is 0 Å². The van der Waals surface area contributed by atoms with Crippen LogP contribution in [0.25, 0.3) is 0 Å². The lowest BCUT2D eigenvalue weighted by atomic mass is 10.1. The van der Waals surface area contributed by atoms with Crippen molar-refractivity contribution in [1.82, 2.24) is 62.7 Å². The zero-order chi connectivity index (χ0) is 55.8. The first-order valence-corrected chi connectivity index (χ1v) is 25.0. The van der Waals surface area contributed by atoms with Crippen LogP contribution in [0, 0.1) is 0 Å². The van der Waals surface area contributed by atoms with Crippen molar-refractivity contribution in [1.29, 1.82) is 0 Å². The summed E-state index contributed by atoms with van der Waals surface area (Å²) in [6.45, 7) is -0.529. The van der Waals surface area contributed by atoms with Crippen molar-refractivity contribution in [2.45, 2.75) is 106 Å². The summed E-state index contributed by atoms with van der Waals surface area (Å²) in [6.07, 6.45) is 1.37. The summed E-state index contributed by atoms with van der Waals surface area (Å²) in [5.74, 6) is -13.8. The smallest absolute Gasteiger partial charge is 0.327 e. The molecule has 1 aromatic heterocycles. The van der Waals surface area contributed by atoms with E-state index >= 15 is 0 Å². The van der Waals surface area contributed by atoms with Crippen molar-refractivity contribution in [3.05, 3.63) is 18.2 Å². The zero-order valence-electron chi connectivity index (χ0n) is 39.7. The SMILES string of the molecule is CC(NC(=O)C1CCCN1C(=O)C(Cc1cnc[nH]1)NC(=O)C(CS)NC(=O)C(N)CS)C(=O)NC(CS)C(=O)NCC(=O)NC(CCC(N)=O)C(=O)NC(CC(N)=O)C(=O)NC(CO)C(=O)NC(CS)C(=O)O. The number of imidazole rings is 1. The highest BCUT2D eigenvalue weighted by Crippen LogP contribution is 2.20. The molecule has 0 aromatic carbocycles. The maximum atomic E-state index is 14.1. The van der Waals surface area contributed by atoms with Crippen LogP contribution in [0.2, 0.25) is 0 Å². The van der Waals surface area contributed by atoms with Gasteiger partial charge in [-0.2, -0.15) is 50.5 Å². The second-order valence-electron chi connectivity index (χ2n) is 16.4. The Kier molecular flexibility index (Phi) is 27.6. The number of aliphatic hydroxyl groups is 1. The van der Waals surface area contributed by atoms with Gasteiger partial charge in [0, 0.05) is 54.3 Å². The van der Waals surface area contributed by atoms with Crippen LogP contribution < -0.4 is 65.1 Å². The van der Waals surface area contributed by atoms with Crippen molar-refractivity contribution in [2.75, 3.05) is 42.7 Å². The van der Waals surface area contributed by atoms with E-state index in [1.165, 1.54) is 24.3 Å². The van der Waals surface area contributed by atoms with Crippen LogP contribution >= 0.6 is 50.5 Å². The van der Waals surface area contributed by atoms with Gasteiger partial charge in [0.15, 0.2) is 0 Å². The largest absolute Gasteiger partial charge is 0.480 e. The van der Waals surface area contributed by atoms with Crippen LogP contribution in [0.3, 0.4) is 0 Å². The van der Waals surface area contributed by atoms with Crippen molar-refractivity contribution >= 4 is 127 Å². The van der Waals surface area contributed by atoms with E-state index < -0.39 is 170 Å². The van der Waals surface area contributed by atoms with Gasteiger partial charge in [-0.25, -0.2) is 9.78 Å². The summed E-state index contributed by atoms with van der Waals surface area (Å²) >= 11 is 16.1. The molecule has 74 heavy (non-hydrogen) atoms. The zero-order valence-corrected chi connectivity index (χ0v) is 43.3. The minimum atomic E-state index is -1.85. The van der Waals surface area contributed by atoms with Gasteiger partial charge in [0.2, 0.25) is 70.9 Å². The molecule has 0 spiro atoms. The lowest BCUT2D eigenvalue weighted by Crippen LogP contribution is -2.60. The van der Waals surface area contributed by atoms with E-state index in [1.807, 2.05) is 10.6 Å². The number of aliphatic carboxylic acids is 1. The molecule has 1 fully saturated rings. The van der Waals surface area contributed by atoms with E-state index in [1.54, 1.807) is 0 Å². The second-order valence-corrected chi connectivity index (χ2v) is 17.9. The Morgan fingerprint density at radius 2 is 1.23 bits per heavy atom. The van der Waals surface area contributed by atoms with Gasteiger partial charge in [-0.05, 0) is 26.2 Å². The van der Waals surface area contributed by atoms with Gasteiger partial charge >= 0.3 is 5.97 Å². The summed E-state index contributed by atoms with van der Waals surface area (Å²) in [7, 11) is 0. The lowest BCUT2D eigenvalue weighted by molar-refractivity contribution is -0.142. The molecule has 18 N–H and O–H groups in total. The molecule has 412 valence electrons. The molecule has 0 radical (unpaired) electrons. The van der Waals surface area contributed by atoms with Crippen molar-refractivity contribution in [3.8, 4) is 0 Å². The number of rotatable bonds is 32. The van der Waals surface area contributed by atoms with Gasteiger partial charge < -0.3 is 85.1 Å². The van der Waals surface area contributed by atoms with E-state index in [4.69, 9.17) is 17.2 Å². The van der Waals surface area contributed by atoms with Gasteiger partial charge in [-0.1, -0.05) is 0 Å². The fourth-order valence-electron chi connectivity index (χ4n) is 6.71. The van der Waals surface area contributed by atoms with Crippen LogP contribution in [0.15, 0.2) is 12.5 Å². The first-order valence-electron chi connectivity index (χ1n) is 22.5. The van der Waals surface area contributed by atoms with Gasteiger partial charge in [0.1, 0.15) is 54.4 Å². The minimum absolute atomic E-state index is 0.00803. The Balaban J connectivity index is 2.10. The highest BCUT2D eigenvalue weighted by molar-refractivity contribution is 7.80. The number of aromatic nitrogens is 2. The predicted molar refractivity (Wildman–Crippen MR) is 272 cm³/mol. The van der Waals surface area contributed by atoms with Gasteiger partial charge in [0.25, 0.3) is 0 Å². The highest BCUT2D eigenvalue weighted by atomic mass is 32.1. The highest BCUT2D eigenvalue weighted by Gasteiger charge is 2.40. The number of hydrogen-bond donors (Lipinski definition) is 19. The van der Waals surface area contributed by atoms with E-state index in [0.717, 1.165) is 0 Å². The summed E-state index contributed by atoms with van der Waals surface area (Å²) in [5.41, 5.74) is 16.7. The molecule has 2 rings (SSSR count). The molecule has 30 nitrogen and oxygen atoms in total. The fraction of sp³-hybridized carbons (Fsp3) is 0.600. The Morgan fingerprint density at radius 1 is 0.689 bits per heavy atom. The predicted octanol–water partition coefficient (Wildman–Crippen LogP) is -8.78. The molecule has 10 unspecified atom stereocenters. The summed E-state index contributed by atoms with van der Waals surface area (Å²) < 4.78 is 0. The number of nitrogens with two attached hydrogens (primary N) is 3. The lowest BCUT2D eigenvalue weighted by Gasteiger charge is -2.30. The summed E-state index contributed by atoms with van der Waals surface area (Å²) in [6, 6.07) is -14.2. The third-order valence-electron chi connectivity index (χ3n) is 10.8. The minimum Gasteiger partial charge on any atom is -0.480 e. The number of nitrogens with one attached hydrogen (secondary N) is 10. The molecule has 34 heteroatoms. The Morgan fingerprint density at radius 3 is 1.78 bits per heavy atom. The molecule has 1 aromatic rings. The topological polar surface area (TPSA) is 481 Å². The Bertz CT molecular complexity index is 2200. The molecule has 1 aliphatic heterocycles. The number of aliphatic hydroxyl groups excluding tert-OH is 1. The molecule has 12 amide bonds. The summed E-state index contributed by atoms with van der Waals surface area (Å²) in [5, 5.41) is 39.6. The molecule has 0 saturated carbocycles.